The standard InChI is InChI=1S/C22H22ClF3N2O6/c1-32-14-7-9-16(18(11-14)33-2)27-20(30)12-34-21(31)5-3-4-19(29)28-17-10-13(22(24,25)26)6-8-15(17)23/h6-11H,3-5,12H2,1-2H3,(H,27,30)(H,28,29). The Kier molecular flexibility index (Phi) is 9.55. The molecule has 0 heterocycles. The van der Waals surface area contributed by atoms with Gasteiger partial charge in [-0.05, 0) is 36.8 Å². The first-order chi connectivity index (χ1) is 16.0. The van der Waals surface area contributed by atoms with E-state index in [1.807, 2.05) is 0 Å². The number of carbonyl (C=O) groups excluding carboxylic acids is 3. The lowest BCUT2D eigenvalue weighted by atomic mass is 10.2. The Hall–Kier alpha value is -3.47. The molecule has 0 aliphatic rings. The number of nitrogens with one attached hydrogen (secondary N) is 2. The molecule has 0 saturated carbocycles. The Morgan fingerprint density at radius 3 is 2.26 bits per heavy atom. The smallest absolute Gasteiger partial charge is 0.416 e. The van der Waals surface area contributed by atoms with Crippen molar-refractivity contribution in [1.82, 2.24) is 0 Å². The highest BCUT2D eigenvalue weighted by molar-refractivity contribution is 6.33. The van der Waals surface area contributed by atoms with Gasteiger partial charge in [0.25, 0.3) is 5.91 Å². The molecule has 8 nitrogen and oxygen atoms in total. The van der Waals surface area contributed by atoms with Crippen LogP contribution in [0.25, 0.3) is 0 Å². The molecule has 2 N–H and O–H groups in total. The highest BCUT2D eigenvalue weighted by Gasteiger charge is 2.31. The third kappa shape index (κ3) is 8.14. The molecular formula is C22H22ClF3N2O6. The summed E-state index contributed by atoms with van der Waals surface area (Å²) in [5.41, 5.74) is -0.787. The van der Waals surface area contributed by atoms with E-state index in [1.165, 1.54) is 14.2 Å². The van der Waals surface area contributed by atoms with Gasteiger partial charge in [-0.2, -0.15) is 13.2 Å². The van der Waals surface area contributed by atoms with Gasteiger partial charge < -0.3 is 24.8 Å². The Morgan fingerprint density at radius 2 is 1.62 bits per heavy atom. The Labute approximate surface area is 198 Å². The molecule has 0 bridgehead atoms. The van der Waals surface area contributed by atoms with Crippen LogP contribution in [0.2, 0.25) is 5.02 Å². The van der Waals surface area contributed by atoms with Crippen LogP contribution >= 0.6 is 11.6 Å². The van der Waals surface area contributed by atoms with E-state index in [0.717, 1.165) is 18.2 Å². The molecule has 34 heavy (non-hydrogen) atoms. The summed E-state index contributed by atoms with van der Waals surface area (Å²) in [6, 6.07) is 7.30. The minimum absolute atomic E-state index is 0.0508. The summed E-state index contributed by atoms with van der Waals surface area (Å²) in [6.07, 6.45) is -4.88. The van der Waals surface area contributed by atoms with E-state index in [4.69, 9.17) is 25.8 Å². The maximum absolute atomic E-state index is 12.8. The average Bonchev–Trinajstić information content (AvgIpc) is 2.78. The fourth-order valence-corrected chi connectivity index (χ4v) is 2.87. The van der Waals surface area contributed by atoms with E-state index in [0.29, 0.717) is 17.2 Å². The molecule has 184 valence electrons. The van der Waals surface area contributed by atoms with Gasteiger partial charge in [0.1, 0.15) is 11.5 Å². The van der Waals surface area contributed by atoms with Crippen molar-refractivity contribution < 1.29 is 41.8 Å². The van der Waals surface area contributed by atoms with Crippen LogP contribution in [0.3, 0.4) is 0 Å². The molecule has 2 aromatic rings. The van der Waals surface area contributed by atoms with Gasteiger partial charge in [0.2, 0.25) is 5.91 Å². The number of amides is 2. The predicted molar refractivity (Wildman–Crippen MR) is 118 cm³/mol. The molecule has 0 fully saturated rings. The van der Waals surface area contributed by atoms with E-state index in [1.54, 1.807) is 18.2 Å². The van der Waals surface area contributed by atoms with Crippen molar-refractivity contribution in [2.45, 2.75) is 25.4 Å². The first kappa shape index (κ1) is 26.8. The van der Waals surface area contributed by atoms with Crippen LogP contribution in [-0.2, 0) is 25.3 Å². The van der Waals surface area contributed by atoms with Crippen LogP contribution in [0, 0.1) is 0 Å². The first-order valence-corrected chi connectivity index (χ1v) is 10.3. The number of carbonyl (C=O) groups is 3. The maximum Gasteiger partial charge on any atom is 0.416 e. The van der Waals surface area contributed by atoms with E-state index >= 15 is 0 Å². The van der Waals surface area contributed by atoms with Crippen LogP contribution in [0.4, 0.5) is 24.5 Å². The van der Waals surface area contributed by atoms with Crippen molar-refractivity contribution in [1.29, 1.82) is 0 Å². The zero-order valence-electron chi connectivity index (χ0n) is 18.3. The van der Waals surface area contributed by atoms with Crippen molar-refractivity contribution in [3.63, 3.8) is 0 Å². The summed E-state index contributed by atoms with van der Waals surface area (Å²) in [5, 5.41) is 4.77. The maximum atomic E-state index is 12.8. The van der Waals surface area contributed by atoms with Crippen LogP contribution in [0.15, 0.2) is 36.4 Å². The number of alkyl halides is 3. The number of hydrogen-bond donors (Lipinski definition) is 2. The van der Waals surface area contributed by atoms with Gasteiger partial charge in [-0.15, -0.1) is 0 Å². The van der Waals surface area contributed by atoms with Gasteiger partial charge in [-0.25, -0.2) is 0 Å². The topological polar surface area (TPSA) is 103 Å². The van der Waals surface area contributed by atoms with Crippen LogP contribution < -0.4 is 20.1 Å². The number of rotatable bonds is 10. The minimum Gasteiger partial charge on any atom is -0.497 e. The zero-order valence-corrected chi connectivity index (χ0v) is 19.0. The minimum atomic E-state index is -4.58. The lowest BCUT2D eigenvalue weighted by Gasteiger charge is -2.12. The summed E-state index contributed by atoms with van der Waals surface area (Å²) in [7, 11) is 2.90. The van der Waals surface area contributed by atoms with E-state index < -0.39 is 36.1 Å². The lowest BCUT2D eigenvalue weighted by Crippen LogP contribution is -2.21. The van der Waals surface area contributed by atoms with Gasteiger partial charge >= 0.3 is 12.1 Å². The van der Waals surface area contributed by atoms with Crippen molar-refractivity contribution in [3.8, 4) is 11.5 Å². The van der Waals surface area contributed by atoms with E-state index in [9.17, 15) is 27.6 Å². The highest BCUT2D eigenvalue weighted by atomic mass is 35.5. The summed E-state index contributed by atoms with van der Waals surface area (Å²) in [5.74, 6) is -1.07. The van der Waals surface area contributed by atoms with Crippen molar-refractivity contribution in [3.05, 3.63) is 47.0 Å². The second-order valence-corrected chi connectivity index (χ2v) is 7.28. The summed E-state index contributed by atoms with van der Waals surface area (Å²) >= 11 is 5.83. The molecule has 0 aliphatic carbocycles. The molecule has 0 aliphatic heterocycles. The molecule has 2 aromatic carbocycles. The molecule has 0 spiro atoms. The summed E-state index contributed by atoms with van der Waals surface area (Å²) in [4.78, 5) is 35.9. The van der Waals surface area contributed by atoms with Crippen LogP contribution in [-0.4, -0.2) is 38.6 Å². The van der Waals surface area contributed by atoms with Crippen molar-refractivity contribution in [2.24, 2.45) is 0 Å². The lowest BCUT2D eigenvalue weighted by molar-refractivity contribution is -0.147. The number of methoxy groups -OCH3 is 2. The van der Waals surface area contributed by atoms with Gasteiger partial charge in [0.15, 0.2) is 6.61 Å². The number of esters is 1. The SMILES string of the molecule is COc1ccc(NC(=O)COC(=O)CCCC(=O)Nc2cc(C(F)(F)F)ccc2Cl)c(OC)c1. The molecule has 0 saturated heterocycles. The zero-order chi connectivity index (χ0) is 25.3. The number of benzene rings is 2. The van der Waals surface area contributed by atoms with Crippen molar-refractivity contribution in [2.75, 3.05) is 31.5 Å². The Morgan fingerprint density at radius 1 is 0.912 bits per heavy atom. The van der Waals surface area contributed by atoms with Gasteiger partial charge in [0, 0.05) is 18.9 Å². The largest absolute Gasteiger partial charge is 0.497 e. The Balaban J connectivity index is 1.76. The fourth-order valence-electron chi connectivity index (χ4n) is 2.71. The first-order valence-electron chi connectivity index (χ1n) is 9.87. The van der Waals surface area contributed by atoms with Gasteiger partial charge in [-0.3, -0.25) is 14.4 Å². The summed E-state index contributed by atoms with van der Waals surface area (Å²) in [6.45, 7) is -0.556. The fraction of sp³-hybridized carbons (Fsp3) is 0.318. The Bertz CT molecular complexity index is 1050. The molecular weight excluding hydrogens is 481 g/mol. The van der Waals surface area contributed by atoms with Crippen LogP contribution in [0.5, 0.6) is 11.5 Å². The monoisotopic (exact) mass is 502 g/mol. The average molecular weight is 503 g/mol. The highest BCUT2D eigenvalue weighted by Crippen LogP contribution is 2.34. The number of ether oxygens (including phenoxy) is 3. The molecule has 0 unspecified atom stereocenters. The predicted octanol–water partition coefficient (Wildman–Crippen LogP) is 4.67. The molecule has 0 atom stereocenters. The quantitative estimate of drug-likeness (QED) is 0.458. The number of halogens is 4. The second kappa shape index (κ2) is 12.1. The number of hydrogen-bond acceptors (Lipinski definition) is 6. The molecule has 12 heteroatoms. The van der Waals surface area contributed by atoms with E-state index in [-0.39, 0.29) is 30.0 Å². The third-order valence-electron chi connectivity index (χ3n) is 4.40. The molecule has 2 rings (SSSR count). The summed E-state index contributed by atoms with van der Waals surface area (Å²) < 4.78 is 53.5. The number of anilines is 2. The van der Waals surface area contributed by atoms with Crippen molar-refractivity contribution >= 4 is 40.8 Å². The van der Waals surface area contributed by atoms with E-state index in [2.05, 4.69) is 10.6 Å². The third-order valence-corrected chi connectivity index (χ3v) is 4.73. The molecule has 2 amide bonds. The molecule has 0 aromatic heterocycles. The van der Waals surface area contributed by atoms with Gasteiger partial charge in [0.05, 0.1) is 36.2 Å². The second-order valence-electron chi connectivity index (χ2n) is 6.87. The normalized spacial score (nSPS) is 10.9. The van der Waals surface area contributed by atoms with Gasteiger partial charge in [-0.1, -0.05) is 11.6 Å². The van der Waals surface area contributed by atoms with Crippen LogP contribution in [0.1, 0.15) is 24.8 Å². The molecule has 0 radical (unpaired) electrons.